The van der Waals surface area contributed by atoms with E-state index in [4.69, 9.17) is 4.74 Å². The molecule has 0 aromatic heterocycles. The monoisotopic (exact) mass is 226 g/mol. The molecule has 0 radical (unpaired) electrons. The van der Waals surface area contributed by atoms with Gasteiger partial charge < -0.3 is 14.5 Å². The summed E-state index contributed by atoms with van der Waals surface area (Å²) in [6.07, 6.45) is 1.17. The number of hydrogen-bond acceptors (Lipinski definition) is 3. The lowest BCUT2D eigenvalue weighted by Crippen LogP contribution is -2.57. The van der Waals surface area contributed by atoms with Crippen molar-refractivity contribution in [2.45, 2.75) is 20.3 Å². The molecule has 2 aliphatic heterocycles. The number of likely N-dealkylation sites (tertiary alicyclic amines) is 2. The van der Waals surface area contributed by atoms with Crippen molar-refractivity contribution in [3.8, 4) is 0 Å². The molecule has 0 atom stereocenters. The van der Waals surface area contributed by atoms with Crippen LogP contribution in [0.1, 0.15) is 20.3 Å². The molecule has 0 saturated carbocycles. The molecule has 1 amide bonds. The van der Waals surface area contributed by atoms with Gasteiger partial charge in [0.25, 0.3) is 0 Å². The van der Waals surface area contributed by atoms with Crippen molar-refractivity contribution < 1.29 is 9.53 Å². The lowest BCUT2D eigenvalue weighted by molar-refractivity contribution is -0.136. The summed E-state index contributed by atoms with van der Waals surface area (Å²) >= 11 is 0. The summed E-state index contributed by atoms with van der Waals surface area (Å²) in [5, 5.41) is 0. The number of amides is 1. The third-order valence-corrected chi connectivity index (χ3v) is 3.79. The highest BCUT2D eigenvalue weighted by atomic mass is 16.5. The average molecular weight is 226 g/mol. The molecule has 0 aromatic rings. The highest BCUT2D eigenvalue weighted by molar-refractivity contribution is 5.77. The van der Waals surface area contributed by atoms with Gasteiger partial charge in [-0.1, -0.05) is 6.92 Å². The van der Waals surface area contributed by atoms with Gasteiger partial charge in [0.2, 0.25) is 5.91 Å². The SMILES string of the molecule is CCOCC(=O)N1CCC2(CN(CC)C2)C1. The molecule has 2 fully saturated rings. The normalized spacial score (nSPS) is 23.8. The van der Waals surface area contributed by atoms with Gasteiger partial charge in [-0.25, -0.2) is 0 Å². The molecule has 92 valence electrons. The lowest BCUT2D eigenvalue weighted by atomic mass is 9.79. The summed E-state index contributed by atoms with van der Waals surface area (Å²) in [5.74, 6) is 0.161. The van der Waals surface area contributed by atoms with Crippen LogP contribution in [0.15, 0.2) is 0 Å². The summed E-state index contributed by atoms with van der Waals surface area (Å²) < 4.78 is 5.17. The predicted octanol–water partition coefficient (Wildman–Crippen LogP) is 0.577. The van der Waals surface area contributed by atoms with Crippen LogP contribution in [0.2, 0.25) is 0 Å². The second-order valence-electron chi connectivity index (χ2n) is 5.01. The van der Waals surface area contributed by atoms with E-state index < -0.39 is 0 Å². The third kappa shape index (κ3) is 2.23. The van der Waals surface area contributed by atoms with Gasteiger partial charge in [0.05, 0.1) is 0 Å². The van der Waals surface area contributed by atoms with Gasteiger partial charge in [0, 0.05) is 38.2 Å². The van der Waals surface area contributed by atoms with Gasteiger partial charge in [-0.15, -0.1) is 0 Å². The molecule has 16 heavy (non-hydrogen) atoms. The molecule has 0 unspecified atom stereocenters. The smallest absolute Gasteiger partial charge is 0.248 e. The van der Waals surface area contributed by atoms with E-state index in [-0.39, 0.29) is 12.5 Å². The largest absolute Gasteiger partial charge is 0.372 e. The summed E-state index contributed by atoms with van der Waals surface area (Å²) in [5.41, 5.74) is 0.415. The second kappa shape index (κ2) is 4.72. The molecule has 4 nitrogen and oxygen atoms in total. The van der Waals surface area contributed by atoms with E-state index in [0.29, 0.717) is 12.0 Å². The number of carbonyl (C=O) groups excluding carboxylic acids is 1. The van der Waals surface area contributed by atoms with Crippen LogP contribution >= 0.6 is 0 Å². The summed E-state index contributed by atoms with van der Waals surface area (Å²) in [7, 11) is 0. The van der Waals surface area contributed by atoms with Crippen molar-refractivity contribution in [2.24, 2.45) is 5.41 Å². The molecule has 2 rings (SSSR count). The van der Waals surface area contributed by atoms with Crippen LogP contribution in [0.5, 0.6) is 0 Å². The van der Waals surface area contributed by atoms with Crippen LogP contribution in [0.3, 0.4) is 0 Å². The fourth-order valence-corrected chi connectivity index (χ4v) is 2.81. The molecule has 0 aliphatic carbocycles. The quantitative estimate of drug-likeness (QED) is 0.703. The summed E-state index contributed by atoms with van der Waals surface area (Å²) in [6, 6.07) is 0. The van der Waals surface area contributed by atoms with E-state index in [1.165, 1.54) is 19.5 Å². The predicted molar refractivity (Wildman–Crippen MR) is 62.2 cm³/mol. The van der Waals surface area contributed by atoms with Crippen LogP contribution in [-0.4, -0.2) is 61.6 Å². The fraction of sp³-hybridized carbons (Fsp3) is 0.917. The summed E-state index contributed by atoms with van der Waals surface area (Å²) in [6.45, 7) is 10.3. The van der Waals surface area contributed by atoms with E-state index in [2.05, 4.69) is 11.8 Å². The van der Waals surface area contributed by atoms with Crippen molar-refractivity contribution in [1.82, 2.24) is 9.80 Å². The minimum Gasteiger partial charge on any atom is -0.372 e. The van der Waals surface area contributed by atoms with Crippen LogP contribution in [-0.2, 0) is 9.53 Å². The van der Waals surface area contributed by atoms with Crippen molar-refractivity contribution in [2.75, 3.05) is 45.9 Å². The molecule has 0 N–H and O–H groups in total. The number of ether oxygens (including phenoxy) is 1. The summed E-state index contributed by atoms with van der Waals surface area (Å²) in [4.78, 5) is 16.2. The Kier molecular flexibility index (Phi) is 3.50. The first-order chi connectivity index (χ1) is 7.69. The Morgan fingerprint density at radius 1 is 1.31 bits per heavy atom. The number of carbonyl (C=O) groups is 1. The van der Waals surface area contributed by atoms with Gasteiger partial charge in [-0.2, -0.15) is 0 Å². The Balaban J connectivity index is 1.78. The highest BCUT2D eigenvalue weighted by Crippen LogP contribution is 2.39. The Labute approximate surface area is 97.5 Å². The molecular weight excluding hydrogens is 204 g/mol. The Morgan fingerprint density at radius 2 is 2.06 bits per heavy atom. The minimum absolute atomic E-state index is 0.161. The van der Waals surface area contributed by atoms with E-state index in [1.807, 2.05) is 11.8 Å². The van der Waals surface area contributed by atoms with Crippen LogP contribution < -0.4 is 0 Å². The lowest BCUT2D eigenvalue weighted by Gasteiger charge is -2.47. The molecule has 0 bridgehead atoms. The van der Waals surface area contributed by atoms with Crippen LogP contribution in [0, 0.1) is 5.41 Å². The number of hydrogen-bond donors (Lipinski definition) is 0. The molecule has 1 spiro atoms. The molecule has 2 heterocycles. The van der Waals surface area contributed by atoms with Crippen molar-refractivity contribution in [1.29, 1.82) is 0 Å². The Morgan fingerprint density at radius 3 is 2.69 bits per heavy atom. The maximum absolute atomic E-state index is 11.8. The second-order valence-corrected chi connectivity index (χ2v) is 5.01. The van der Waals surface area contributed by atoms with Gasteiger partial charge >= 0.3 is 0 Å². The van der Waals surface area contributed by atoms with Gasteiger partial charge in [-0.3, -0.25) is 4.79 Å². The van der Waals surface area contributed by atoms with Gasteiger partial charge in [0.1, 0.15) is 6.61 Å². The first-order valence-electron chi connectivity index (χ1n) is 6.27. The fourth-order valence-electron chi connectivity index (χ4n) is 2.81. The first kappa shape index (κ1) is 11.9. The average Bonchev–Trinajstić information content (AvgIpc) is 2.68. The van der Waals surface area contributed by atoms with Crippen LogP contribution in [0.4, 0.5) is 0 Å². The number of rotatable bonds is 4. The third-order valence-electron chi connectivity index (χ3n) is 3.79. The van der Waals surface area contributed by atoms with E-state index in [0.717, 1.165) is 19.6 Å². The zero-order valence-electron chi connectivity index (χ0n) is 10.4. The standard InChI is InChI=1S/C12H22N2O2/c1-3-13-8-12(9-13)5-6-14(10-12)11(15)7-16-4-2/h3-10H2,1-2H3. The highest BCUT2D eigenvalue weighted by Gasteiger charge is 2.47. The van der Waals surface area contributed by atoms with Crippen molar-refractivity contribution in [3.63, 3.8) is 0 Å². The van der Waals surface area contributed by atoms with Gasteiger partial charge in [-0.05, 0) is 19.9 Å². The number of nitrogens with zero attached hydrogens (tertiary/aromatic N) is 2. The molecule has 2 saturated heterocycles. The molecule has 0 aromatic carbocycles. The topological polar surface area (TPSA) is 32.8 Å². The maximum atomic E-state index is 11.8. The van der Waals surface area contributed by atoms with E-state index in [1.54, 1.807) is 0 Å². The molecule has 4 heteroatoms. The Hall–Kier alpha value is -0.610. The zero-order chi connectivity index (χ0) is 11.6. The van der Waals surface area contributed by atoms with Crippen molar-refractivity contribution >= 4 is 5.91 Å². The Bertz CT molecular complexity index is 262. The zero-order valence-corrected chi connectivity index (χ0v) is 10.4. The first-order valence-corrected chi connectivity index (χ1v) is 6.27. The molecule has 2 aliphatic rings. The van der Waals surface area contributed by atoms with Gasteiger partial charge in [0.15, 0.2) is 0 Å². The van der Waals surface area contributed by atoms with E-state index >= 15 is 0 Å². The van der Waals surface area contributed by atoms with Crippen molar-refractivity contribution in [3.05, 3.63) is 0 Å². The molecular formula is C12H22N2O2. The minimum atomic E-state index is 0.161. The maximum Gasteiger partial charge on any atom is 0.248 e. The van der Waals surface area contributed by atoms with Crippen LogP contribution in [0.25, 0.3) is 0 Å². The van der Waals surface area contributed by atoms with E-state index in [9.17, 15) is 4.79 Å².